The molecule has 2 aromatic rings. The molecule has 0 bridgehead atoms. The molecule has 1 heterocycles. The predicted octanol–water partition coefficient (Wildman–Crippen LogP) is 2.64. The van der Waals surface area contributed by atoms with Crippen LogP contribution in [0.3, 0.4) is 0 Å². The molecule has 7 heteroatoms. The van der Waals surface area contributed by atoms with Crippen molar-refractivity contribution in [2.24, 2.45) is 0 Å². The number of aromatic nitrogens is 2. The molecule has 0 saturated heterocycles. The van der Waals surface area contributed by atoms with Gasteiger partial charge in [-0.15, -0.1) is 10.2 Å². The van der Waals surface area contributed by atoms with E-state index in [1.807, 2.05) is 19.1 Å². The van der Waals surface area contributed by atoms with E-state index in [0.717, 1.165) is 20.6 Å². The summed E-state index contributed by atoms with van der Waals surface area (Å²) in [5.74, 6) is 0.213. The van der Waals surface area contributed by atoms with Crippen molar-refractivity contribution in [3.05, 3.63) is 34.8 Å². The summed E-state index contributed by atoms with van der Waals surface area (Å²) < 4.78 is 0.794. The van der Waals surface area contributed by atoms with Gasteiger partial charge in [-0.05, 0) is 24.6 Å². The lowest BCUT2D eigenvalue weighted by atomic mass is 10.1. The molecule has 2 rings (SSSR count). The molecule has 0 spiro atoms. The number of hydrogen-bond acceptors (Lipinski definition) is 6. The van der Waals surface area contributed by atoms with E-state index < -0.39 is 0 Å². The van der Waals surface area contributed by atoms with Crippen LogP contribution in [0, 0.1) is 18.3 Å². The first-order valence-corrected chi connectivity index (χ1v) is 7.66. The van der Waals surface area contributed by atoms with E-state index in [1.165, 1.54) is 23.1 Å². The summed E-state index contributed by atoms with van der Waals surface area (Å²) in [6.45, 7) is 1.88. The Morgan fingerprint density at radius 3 is 2.75 bits per heavy atom. The summed E-state index contributed by atoms with van der Waals surface area (Å²) >= 11 is 2.84. The normalized spacial score (nSPS) is 10.0. The quantitative estimate of drug-likeness (QED) is 0.859. The van der Waals surface area contributed by atoms with Crippen LogP contribution in [0.25, 0.3) is 0 Å². The zero-order chi connectivity index (χ0) is 14.4. The highest BCUT2D eigenvalue weighted by atomic mass is 32.2. The van der Waals surface area contributed by atoms with Gasteiger partial charge in [0.15, 0.2) is 4.34 Å². The first-order valence-electron chi connectivity index (χ1n) is 5.86. The van der Waals surface area contributed by atoms with Crippen LogP contribution in [0.4, 0.5) is 5.69 Å². The largest absolute Gasteiger partial charge is 0.325 e. The highest BCUT2D eigenvalue weighted by Gasteiger charge is 2.07. The van der Waals surface area contributed by atoms with E-state index >= 15 is 0 Å². The standard InChI is InChI=1S/C13H12N4OS2/c1-9-16-17-13(20-9)19-8-12(18)15-11-4-2-10(3-5-11)6-7-14/h2-5H,6,8H2,1H3,(H,15,18). The maximum atomic E-state index is 11.8. The van der Waals surface area contributed by atoms with E-state index in [2.05, 4.69) is 21.6 Å². The van der Waals surface area contributed by atoms with Gasteiger partial charge in [0.1, 0.15) is 5.01 Å². The van der Waals surface area contributed by atoms with Gasteiger partial charge in [0.25, 0.3) is 0 Å². The molecule has 1 aromatic carbocycles. The number of thioether (sulfide) groups is 1. The monoisotopic (exact) mass is 304 g/mol. The van der Waals surface area contributed by atoms with Gasteiger partial charge in [-0.2, -0.15) is 5.26 Å². The minimum Gasteiger partial charge on any atom is -0.325 e. The van der Waals surface area contributed by atoms with E-state index in [9.17, 15) is 4.79 Å². The Morgan fingerprint density at radius 2 is 2.15 bits per heavy atom. The van der Waals surface area contributed by atoms with Gasteiger partial charge in [0.2, 0.25) is 5.91 Å². The topological polar surface area (TPSA) is 78.7 Å². The number of nitrogens with zero attached hydrogens (tertiary/aromatic N) is 3. The number of amides is 1. The highest BCUT2D eigenvalue weighted by Crippen LogP contribution is 2.21. The van der Waals surface area contributed by atoms with E-state index in [-0.39, 0.29) is 5.91 Å². The van der Waals surface area contributed by atoms with Crippen LogP contribution in [-0.2, 0) is 11.2 Å². The van der Waals surface area contributed by atoms with Gasteiger partial charge in [0.05, 0.1) is 18.2 Å². The van der Waals surface area contributed by atoms with Crippen molar-refractivity contribution in [3.8, 4) is 6.07 Å². The average Bonchev–Trinajstić information content (AvgIpc) is 2.85. The molecule has 0 aliphatic heterocycles. The number of carbonyl (C=O) groups excluding carboxylic acids is 1. The zero-order valence-electron chi connectivity index (χ0n) is 10.8. The molecule has 1 amide bonds. The number of hydrogen-bond donors (Lipinski definition) is 1. The van der Waals surface area contributed by atoms with E-state index in [0.29, 0.717) is 12.2 Å². The number of aryl methyl sites for hydroxylation is 1. The zero-order valence-corrected chi connectivity index (χ0v) is 12.4. The van der Waals surface area contributed by atoms with Gasteiger partial charge in [-0.3, -0.25) is 4.79 Å². The van der Waals surface area contributed by atoms with Crippen molar-refractivity contribution in [2.45, 2.75) is 17.7 Å². The molecule has 0 aliphatic carbocycles. The second-order valence-corrected chi connectivity index (χ2v) is 6.36. The minimum absolute atomic E-state index is 0.0871. The van der Waals surface area contributed by atoms with Crippen LogP contribution in [0.2, 0.25) is 0 Å². The van der Waals surface area contributed by atoms with Crippen LogP contribution in [0.15, 0.2) is 28.6 Å². The van der Waals surface area contributed by atoms with Gasteiger partial charge >= 0.3 is 0 Å². The average molecular weight is 304 g/mol. The number of rotatable bonds is 5. The second kappa shape index (κ2) is 7.03. The summed E-state index contributed by atoms with van der Waals surface area (Å²) in [6, 6.07) is 9.34. The molecule has 1 aromatic heterocycles. The predicted molar refractivity (Wildman–Crippen MR) is 79.8 cm³/mol. The molecule has 0 fully saturated rings. The molecular formula is C13H12N4OS2. The summed E-state index contributed by atoms with van der Waals surface area (Å²) in [5.41, 5.74) is 1.66. The Balaban J connectivity index is 1.83. The van der Waals surface area contributed by atoms with Crippen molar-refractivity contribution >= 4 is 34.7 Å². The fourth-order valence-electron chi connectivity index (χ4n) is 1.46. The van der Waals surface area contributed by atoms with Gasteiger partial charge in [0, 0.05) is 5.69 Å². The Labute approximate surface area is 125 Å². The highest BCUT2D eigenvalue weighted by molar-refractivity contribution is 8.01. The van der Waals surface area contributed by atoms with E-state index in [1.54, 1.807) is 12.1 Å². The van der Waals surface area contributed by atoms with Crippen molar-refractivity contribution in [1.82, 2.24) is 10.2 Å². The maximum absolute atomic E-state index is 11.8. The third-order valence-corrected chi connectivity index (χ3v) is 4.33. The Hall–Kier alpha value is -1.91. The number of nitrogens with one attached hydrogen (secondary N) is 1. The lowest BCUT2D eigenvalue weighted by molar-refractivity contribution is -0.113. The molecule has 0 aliphatic rings. The van der Waals surface area contributed by atoms with Gasteiger partial charge < -0.3 is 5.32 Å². The fraction of sp³-hybridized carbons (Fsp3) is 0.231. The van der Waals surface area contributed by atoms with Crippen LogP contribution in [0.1, 0.15) is 10.6 Å². The number of carbonyl (C=O) groups is 1. The molecular weight excluding hydrogens is 292 g/mol. The first-order chi connectivity index (χ1) is 9.67. The van der Waals surface area contributed by atoms with Crippen molar-refractivity contribution < 1.29 is 4.79 Å². The third kappa shape index (κ3) is 4.33. The Kier molecular flexibility index (Phi) is 5.09. The fourth-order valence-corrected chi connectivity index (χ4v) is 3.07. The number of anilines is 1. The lowest BCUT2D eigenvalue weighted by Crippen LogP contribution is -2.13. The van der Waals surface area contributed by atoms with Gasteiger partial charge in [-0.1, -0.05) is 35.2 Å². The molecule has 0 saturated carbocycles. The van der Waals surface area contributed by atoms with Crippen molar-refractivity contribution in [2.75, 3.05) is 11.1 Å². The maximum Gasteiger partial charge on any atom is 0.234 e. The molecule has 0 radical (unpaired) electrons. The number of nitriles is 1. The lowest BCUT2D eigenvalue weighted by Gasteiger charge is -2.04. The third-order valence-electron chi connectivity index (χ3n) is 2.36. The summed E-state index contributed by atoms with van der Waals surface area (Å²) in [4.78, 5) is 11.8. The first kappa shape index (κ1) is 14.5. The molecule has 0 atom stereocenters. The summed E-state index contributed by atoms with van der Waals surface area (Å²) in [7, 11) is 0. The SMILES string of the molecule is Cc1nnc(SCC(=O)Nc2ccc(CC#N)cc2)s1. The summed E-state index contributed by atoms with van der Waals surface area (Å²) in [5, 5.41) is 20.1. The number of benzene rings is 1. The van der Waals surface area contributed by atoms with E-state index in [4.69, 9.17) is 5.26 Å². The van der Waals surface area contributed by atoms with Crippen LogP contribution >= 0.6 is 23.1 Å². The van der Waals surface area contributed by atoms with Crippen LogP contribution < -0.4 is 5.32 Å². The molecule has 1 N–H and O–H groups in total. The van der Waals surface area contributed by atoms with Crippen LogP contribution in [-0.4, -0.2) is 21.9 Å². The Morgan fingerprint density at radius 1 is 1.40 bits per heavy atom. The molecule has 20 heavy (non-hydrogen) atoms. The summed E-state index contributed by atoms with van der Waals surface area (Å²) in [6.07, 6.45) is 0.375. The minimum atomic E-state index is -0.0871. The smallest absolute Gasteiger partial charge is 0.234 e. The second-order valence-electron chi connectivity index (χ2n) is 3.96. The molecule has 102 valence electrons. The van der Waals surface area contributed by atoms with Crippen molar-refractivity contribution in [3.63, 3.8) is 0 Å². The molecule has 5 nitrogen and oxygen atoms in total. The van der Waals surface area contributed by atoms with Crippen molar-refractivity contribution in [1.29, 1.82) is 5.26 Å². The van der Waals surface area contributed by atoms with Crippen LogP contribution in [0.5, 0.6) is 0 Å². The van der Waals surface area contributed by atoms with Gasteiger partial charge in [-0.25, -0.2) is 0 Å². The molecule has 0 unspecified atom stereocenters. The Bertz CT molecular complexity index is 631.